The lowest BCUT2D eigenvalue weighted by Gasteiger charge is -2.10. The van der Waals surface area contributed by atoms with E-state index in [1.165, 1.54) is 12.3 Å². The molecule has 0 radical (unpaired) electrons. The summed E-state index contributed by atoms with van der Waals surface area (Å²) in [5.74, 6) is -0.0469. The molecule has 0 aliphatic heterocycles. The smallest absolute Gasteiger partial charge is 0.259 e. The first-order valence-corrected chi connectivity index (χ1v) is 7.87. The van der Waals surface area contributed by atoms with E-state index in [9.17, 15) is 13.2 Å². The normalized spacial score (nSPS) is 11.4. The topological polar surface area (TPSA) is 102 Å². The van der Waals surface area contributed by atoms with Crippen LogP contribution >= 0.6 is 23.2 Å². The first-order chi connectivity index (χ1) is 9.70. The fraction of sp³-hybridized carbons (Fsp3) is 0.0833. The summed E-state index contributed by atoms with van der Waals surface area (Å²) in [5, 5.41) is 7.42. The third-order valence-electron chi connectivity index (χ3n) is 2.69. The molecule has 9 heteroatoms. The predicted molar refractivity (Wildman–Crippen MR) is 79.2 cm³/mol. The second kappa shape index (κ2) is 5.69. The number of carbonyl (C=O) groups excluding carboxylic acids is 1. The minimum absolute atomic E-state index is 0.0407. The van der Waals surface area contributed by atoms with Gasteiger partial charge in [-0.2, -0.15) is 0 Å². The molecule has 21 heavy (non-hydrogen) atoms. The lowest BCUT2D eigenvalue weighted by Crippen LogP contribution is -2.15. The molecule has 2 aromatic rings. The third kappa shape index (κ3) is 3.38. The molecule has 0 spiro atoms. The molecule has 3 N–H and O–H groups in total. The number of hydrogen-bond acceptors (Lipinski definition) is 4. The van der Waals surface area contributed by atoms with Gasteiger partial charge in [0.25, 0.3) is 5.91 Å². The molecule has 0 aliphatic carbocycles. The summed E-state index contributed by atoms with van der Waals surface area (Å²) in [7, 11) is -3.94. The predicted octanol–water partition coefficient (Wildman–Crippen LogP) is 2.79. The molecular weight excluding hydrogens is 339 g/mol. The molecule has 1 amide bonds. The van der Waals surface area contributed by atoms with E-state index in [4.69, 9.17) is 32.8 Å². The largest absolute Gasteiger partial charge is 0.469 e. The summed E-state index contributed by atoms with van der Waals surface area (Å²) >= 11 is 11.9. The Labute approximate surface area is 130 Å². The molecule has 112 valence electrons. The maximum absolute atomic E-state index is 12.1. The number of rotatable bonds is 3. The second-order valence-electron chi connectivity index (χ2n) is 4.15. The van der Waals surface area contributed by atoms with Crippen LogP contribution in [0.15, 0.2) is 33.8 Å². The molecule has 1 aromatic heterocycles. The minimum Gasteiger partial charge on any atom is -0.469 e. The number of carbonyl (C=O) groups is 1. The van der Waals surface area contributed by atoms with Gasteiger partial charge in [-0.05, 0) is 25.1 Å². The fourth-order valence-electron chi connectivity index (χ4n) is 1.63. The van der Waals surface area contributed by atoms with Crippen LogP contribution in [-0.2, 0) is 10.0 Å². The summed E-state index contributed by atoms with van der Waals surface area (Å²) in [5.41, 5.74) is 0.411. The van der Waals surface area contributed by atoms with Gasteiger partial charge in [0.1, 0.15) is 5.76 Å². The van der Waals surface area contributed by atoms with Gasteiger partial charge in [-0.1, -0.05) is 23.2 Å². The molecule has 0 saturated heterocycles. The van der Waals surface area contributed by atoms with Gasteiger partial charge in [0.2, 0.25) is 10.0 Å². The van der Waals surface area contributed by atoms with Crippen LogP contribution in [0.25, 0.3) is 0 Å². The van der Waals surface area contributed by atoms with E-state index < -0.39 is 15.9 Å². The first-order valence-electron chi connectivity index (χ1n) is 5.57. The van der Waals surface area contributed by atoms with E-state index in [0.29, 0.717) is 11.3 Å². The van der Waals surface area contributed by atoms with Crippen molar-refractivity contribution in [2.45, 2.75) is 11.8 Å². The van der Waals surface area contributed by atoms with Gasteiger partial charge in [-0.15, -0.1) is 0 Å². The second-order valence-corrected chi connectivity index (χ2v) is 6.53. The molecule has 0 bridgehead atoms. The van der Waals surface area contributed by atoms with Crippen molar-refractivity contribution < 1.29 is 17.6 Å². The number of hydrogen-bond donors (Lipinski definition) is 2. The summed E-state index contributed by atoms with van der Waals surface area (Å²) in [6, 6.07) is 3.71. The molecule has 0 atom stereocenters. The summed E-state index contributed by atoms with van der Waals surface area (Å²) in [6.07, 6.45) is 1.37. The standard InChI is InChI=1S/C12H10Cl2N2O4S/c1-6-8(2-3-20-6)12(17)16-11-9(13)4-7(5-10(11)14)21(15,18)19/h2-5H,1H3,(H,16,17)(H2,15,18,19). The number of anilines is 1. The Morgan fingerprint density at radius 1 is 1.29 bits per heavy atom. The van der Waals surface area contributed by atoms with Gasteiger partial charge >= 0.3 is 0 Å². The van der Waals surface area contributed by atoms with Crippen molar-refractivity contribution in [2.24, 2.45) is 5.14 Å². The number of nitrogens with one attached hydrogen (secondary N) is 1. The van der Waals surface area contributed by atoms with E-state index in [1.807, 2.05) is 0 Å². The monoisotopic (exact) mass is 348 g/mol. The van der Waals surface area contributed by atoms with E-state index in [1.54, 1.807) is 6.92 Å². The highest BCUT2D eigenvalue weighted by Crippen LogP contribution is 2.33. The molecule has 1 heterocycles. The lowest BCUT2D eigenvalue weighted by atomic mass is 10.2. The maximum atomic E-state index is 12.1. The van der Waals surface area contributed by atoms with Gasteiger partial charge in [0, 0.05) is 0 Å². The van der Waals surface area contributed by atoms with Crippen LogP contribution in [0.5, 0.6) is 0 Å². The number of furan rings is 1. The molecule has 0 aliphatic rings. The molecule has 0 saturated carbocycles. The zero-order valence-corrected chi connectivity index (χ0v) is 13.0. The molecule has 6 nitrogen and oxygen atoms in total. The minimum atomic E-state index is -3.94. The Morgan fingerprint density at radius 2 is 1.86 bits per heavy atom. The number of sulfonamides is 1. The number of nitrogens with two attached hydrogens (primary N) is 1. The van der Waals surface area contributed by atoms with Crippen molar-refractivity contribution in [1.29, 1.82) is 0 Å². The molecule has 0 unspecified atom stereocenters. The highest BCUT2D eigenvalue weighted by molar-refractivity contribution is 7.89. The van der Waals surface area contributed by atoms with Crippen molar-refractivity contribution in [2.75, 3.05) is 5.32 Å². The summed E-state index contributed by atoms with van der Waals surface area (Å²) in [4.78, 5) is 11.8. The van der Waals surface area contributed by atoms with Crippen molar-refractivity contribution in [3.8, 4) is 0 Å². The number of halogens is 2. The van der Waals surface area contributed by atoms with Crippen LogP contribution < -0.4 is 10.5 Å². The third-order valence-corrected chi connectivity index (χ3v) is 4.18. The molecular formula is C12H10Cl2N2O4S. The Hall–Kier alpha value is -1.54. The van der Waals surface area contributed by atoms with Crippen LogP contribution in [0.3, 0.4) is 0 Å². The highest BCUT2D eigenvalue weighted by Gasteiger charge is 2.18. The summed E-state index contributed by atoms with van der Waals surface area (Å²) in [6.45, 7) is 1.63. The Kier molecular flexibility index (Phi) is 4.29. The summed E-state index contributed by atoms with van der Waals surface area (Å²) < 4.78 is 27.6. The lowest BCUT2D eigenvalue weighted by molar-refractivity contribution is 0.102. The number of aryl methyl sites for hydroxylation is 1. The number of primary sulfonamides is 1. The number of amides is 1. The molecule has 2 rings (SSSR count). The van der Waals surface area contributed by atoms with Gasteiger partial charge in [-0.25, -0.2) is 13.6 Å². The van der Waals surface area contributed by atoms with Crippen molar-refractivity contribution in [1.82, 2.24) is 0 Å². The van der Waals surface area contributed by atoms with E-state index in [0.717, 1.165) is 12.1 Å². The Morgan fingerprint density at radius 3 is 2.29 bits per heavy atom. The van der Waals surface area contributed by atoms with Gasteiger partial charge in [0.05, 0.1) is 32.5 Å². The quantitative estimate of drug-likeness (QED) is 0.889. The van der Waals surface area contributed by atoms with Crippen LogP contribution in [0.4, 0.5) is 5.69 Å². The fourth-order valence-corrected chi connectivity index (χ4v) is 2.91. The van der Waals surface area contributed by atoms with Crippen molar-refractivity contribution in [3.63, 3.8) is 0 Å². The SMILES string of the molecule is Cc1occc1C(=O)Nc1c(Cl)cc(S(N)(=O)=O)cc1Cl. The Bertz CT molecular complexity index is 791. The van der Waals surface area contributed by atoms with E-state index in [2.05, 4.69) is 5.32 Å². The van der Waals surface area contributed by atoms with Crippen LogP contribution in [0, 0.1) is 6.92 Å². The van der Waals surface area contributed by atoms with Crippen molar-refractivity contribution >= 4 is 44.8 Å². The van der Waals surface area contributed by atoms with Gasteiger partial charge in [-0.3, -0.25) is 4.79 Å². The van der Waals surface area contributed by atoms with Crippen LogP contribution in [0.1, 0.15) is 16.1 Å². The Balaban J connectivity index is 2.38. The van der Waals surface area contributed by atoms with Crippen molar-refractivity contribution in [3.05, 3.63) is 45.8 Å². The zero-order valence-electron chi connectivity index (χ0n) is 10.7. The van der Waals surface area contributed by atoms with E-state index >= 15 is 0 Å². The molecule has 1 aromatic carbocycles. The molecule has 0 fully saturated rings. The highest BCUT2D eigenvalue weighted by atomic mass is 35.5. The number of benzene rings is 1. The maximum Gasteiger partial charge on any atom is 0.259 e. The van der Waals surface area contributed by atoms with Gasteiger partial charge < -0.3 is 9.73 Å². The first kappa shape index (κ1) is 15.8. The average molecular weight is 349 g/mol. The zero-order chi connectivity index (χ0) is 15.8. The van der Waals surface area contributed by atoms with Crippen LogP contribution in [-0.4, -0.2) is 14.3 Å². The van der Waals surface area contributed by atoms with E-state index in [-0.39, 0.29) is 20.6 Å². The van der Waals surface area contributed by atoms with Crippen LogP contribution in [0.2, 0.25) is 10.0 Å². The average Bonchev–Trinajstić information content (AvgIpc) is 2.78. The van der Waals surface area contributed by atoms with Gasteiger partial charge in [0.15, 0.2) is 0 Å².